The van der Waals surface area contributed by atoms with Crippen LogP contribution in [-0.2, 0) is 4.79 Å². The number of nitrogens with one attached hydrogen (secondary N) is 2. The minimum absolute atomic E-state index is 0.0315. The van der Waals surface area contributed by atoms with Crippen LogP contribution in [0.5, 0.6) is 5.75 Å². The Hall–Kier alpha value is -2.67. The highest BCUT2D eigenvalue weighted by Crippen LogP contribution is 2.22. The number of hydrogen-bond donors (Lipinski definition) is 2. The van der Waals surface area contributed by atoms with E-state index in [9.17, 15) is 9.59 Å². The Bertz CT molecular complexity index is 730. The summed E-state index contributed by atoms with van der Waals surface area (Å²) >= 11 is 0. The van der Waals surface area contributed by atoms with Gasteiger partial charge in [-0.15, -0.1) is 0 Å². The number of nitrogens with zero attached hydrogens (tertiary/aromatic N) is 2. The fourth-order valence-corrected chi connectivity index (χ4v) is 3.33. The highest BCUT2D eigenvalue weighted by Gasteiger charge is 2.34. The predicted molar refractivity (Wildman–Crippen MR) is 111 cm³/mol. The third-order valence-corrected chi connectivity index (χ3v) is 4.53. The van der Waals surface area contributed by atoms with Crippen LogP contribution in [0.25, 0.3) is 0 Å². The van der Waals surface area contributed by atoms with Crippen molar-refractivity contribution >= 4 is 17.9 Å². The van der Waals surface area contributed by atoms with Crippen LogP contribution in [0.15, 0.2) is 41.0 Å². The Morgan fingerprint density at radius 3 is 2.89 bits per heavy atom. The molecule has 7 nitrogen and oxygen atoms in total. The molecule has 1 aliphatic heterocycles. The first-order chi connectivity index (χ1) is 13.6. The molecule has 0 aliphatic carbocycles. The Labute approximate surface area is 166 Å². The summed E-state index contributed by atoms with van der Waals surface area (Å²) in [6.07, 6.45) is 5.11. The average Bonchev–Trinajstić information content (AvgIpc) is 3.18. The number of carbonyl (C=O) groups excluding carboxylic acids is 2. The van der Waals surface area contributed by atoms with E-state index < -0.39 is 0 Å². The first-order valence-corrected chi connectivity index (χ1v) is 9.66. The Kier molecular flexibility index (Phi) is 8.68. The minimum Gasteiger partial charge on any atom is -0.494 e. The van der Waals surface area contributed by atoms with E-state index in [-0.39, 0.29) is 24.3 Å². The molecule has 0 aromatic heterocycles. The molecule has 0 saturated carbocycles. The number of ketones is 1. The number of Topliss-reactive ketones (excluding diaryl/α,β-unsaturated/α-hetero) is 1. The molecule has 28 heavy (non-hydrogen) atoms. The van der Waals surface area contributed by atoms with Crippen molar-refractivity contribution in [2.75, 3.05) is 40.3 Å². The largest absolute Gasteiger partial charge is 0.494 e. The normalized spacial score (nSPS) is 17.2. The lowest BCUT2D eigenvalue weighted by Gasteiger charge is -2.24. The van der Waals surface area contributed by atoms with E-state index in [4.69, 9.17) is 4.74 Å². The lowest BCUT2D eigenvalue weighted by Crippen LogP contribution is -2.44. The van der Waals surface area contributed by atoms with E-state index in [1.54, 1.807) is 36.4 Å². The molecule has 7 heteroatoms. The van der Waals surface area contributed by atoms with Crippen LogP contribution in [0.2, 0.25) is 0 Å². The molecule has 1 amide bonds. The second-order valence-electron chi connectivity index (χ2n) is 6.58. The summed E-state index contributed by atoms with van der Waals surface area (Å²) in [5.41, 5.74) is 1.50. The quantitative estimate of drug-likeness (QED) is 0.598. The number of ether oxygens (including phenoxy) is 1. The molecule has 0 unspecified atom stereocenters. The van der Waals surface area contributed by atoms with Crippen LogP contribution in [0.3, 0.4) is 0 Å². The minimum atomic E-state index is -0.382. The van der Waals surface area contributed by atoms with Gasteiger partial charge in [0.1, 0.15) is 5.75 Å². The van der Waals surface area contributed by atoms with Crippen molar-refractivity contribution in [3.8, 4) is 5.75 Å². The maximum absolute atomic E-state index is 12.9. The number of likely N-dealkylation sites (tertiary alicyclic amines) is 1. The van der Waals surface area contributed by atoms with Gasteiger partial charge in [0.25, 0.3) is 5.91 Å². The standard InChI is InChI=1S/C21H30N4O3/c1-4-28-18-8-5-7-17(11-18)21(27)25-10-6-9-19(25)20(26)15-24-14-16(12-22-2)13-23-3/h5,7-8,11-13,19,22,24H,4,6,9-10,14-15H2,1-3H3/b16-12+,23-13-/t19-/m0/s1. The van der Waals surface area contributed by atoms with Crippen molar-refractivity contribution in [3.63, 3.8) is 0 Å². The number of aliphatic imine (C=N–C) groups is 1. The van der Waals surface area contributed by atoms with Gasteiger partial charge in [-0.1, -0.05) is 6.07 Å². The molecule has 1 atom stereocenters. The third-order valence-electron chi connectivity index (χ3n) is 4.53. The molecule has 0 radical (unpaired) electrons. The van der Waals surface area contributed by atoms with Crippen LogP contribution in [0, 0.1) is 0 Å². The van der Waals surface area contributed by atoms with Crippen LogP contribution >= 0.6 is 0 Å². The Balaban J connectivity index is 1.97. The first kappa shape index (κ1) is 21.6. The van der Waals surface area contributed by atoms with Gasteiger partial charge >= 0.3 is 0 Å². The second-order valence-corrected chi connectivity index (χ2v) is 6.58. The molecular formula is C21H30N4O3. The SMILES string of the molecule is CCOc1cccc(C(=O)N2CCC[C@H]2C(=O)CNCC(/C=N\C)=C/NC)c1. The van der Waals surface area contributed by atoms with Gasteiger partial charge in [-0.3, -0.25) is 14.6 Å². The second kappa shape index (κ2) is 11.2. The van der Waals surface area contributed by atoms with Gasteiger partial charge in [0.15, 0.2) is 5.78 Å². The number of amides is 1. The summed E-state index contributed by atoms with van der Waals surface area (Å²) in [5.74, 6) is 0.578. The van der Waals surface area contributed by atoms with Crippen molar-refractivity contribution in [3.05, 3.63) is 41.6 Å². The van der Waals surface area contributed by atoms with Gasteiger partial charge in [-0.2, -0.15) is 0 Å². The molecule has 152 valence electrons. The van der Waals surface area contributed by atoms with E-state index in [1.165, 1.54) is 0 Å². The Morgan fingerprint density at radius 2 is 2.18 bits per heavy atom. The average molecular weight is 386 g/mol. The lowest BCUT2D eigenvalue weighted by atomic mass is 10.1. The zero-order valence-corrected chi connectivity index (χ0v) is 16.9. The summed E-state index contributed by atoms with van der Waals surface area (Å²) < 4.78 is 5.48. The number of hydrogen-bond acceptors (Lipinski definition) is 6. The smallest absolute Gasteiger partial charge is 0.254 e. The van der Waals surface area contributed by atoms with E-state index >= 15 is 0 Å². The van der Waals surface area contributed by atoms with Gasteiger partial charge < -0.3 is 20.3 Å². The van der Waals surface area contributed by atoms with Crippen molar-refractivity contribution in [1.82, 2.24) is 15.5 Å². The zero-order valence-electron chi connectivity index (χ0n) is 16.9. The lowest BCUT2D eigenvalue weighted by molar-refractivity contribution is -0.121. The molecule has 1 aromatic carbocycles. The molecule has 1 heterocycles. The topological polar surface area (TPSA) is 83.0 Å². The van der Waals surface area contributed by atoms with Gasteiger partial charge in [-0.25, -0.2) is 0 Å². The summed E-state index contributed by atoms with van der Waals surface area (Å²) in [4.78, 5) is 31.3. The van der Waals surface area contributed by atoms with Crippen molar-refractivity contribution in [2.24, 2.45) is 4.99 Å². The maximum atomic E-state index is 12.9. The summed E-state index contributed by atoms with van der Waals surface area (Å²) in [6.45, 7) is 3.79. The molecule has 0 bridgehead atoms. The van der Waals surface area contributed by atoms with Gasteiger partial charge in [-0.05, 0) is 43.5 Å². The van der Waals surface area contributed by atoms with Crippen LogP contribution in [-0.4, -0.2) is 69.2 Å². The fraction of sp³-hybridized carbons (Fsp3) is 0.476. The highest BCUT2D eigenvalue weighted by molar-refractivity contribution is 5.99. The molecule has 2 N–H and O–H groups in total. The van der Waals surface area contributed by atoms with E-state index in [0.717, 1.165) is 12.0 Å². The molecule has 0 spiro atoms. The van der Waals surface area contributed by atoms with Crippen molar-refractivity contribution in [1.29, 1.82) is 0 Å². The van der Waals surface area contributed by atoms with E-state index in [0.29, 0.717) is 37.4 Å². The molecule has 1 saturated heterocycles. The van der Waals surface area contributed by atoms with Crippen molar-refractivity contribution in [2.45, 2.75) is 25.8 Å². The van der Waals surface area contributed by atoms with Crippen LogP contribution in [0.4, 0.5) is 0 Å². The maximum Gasteiger partial charge on any atom is 0.254 e. The number of carbonyl (C=O) groups is 2. The summed E-state index contributed by atoms with van der Waals surface area (Å²) in [6, 6.07) is 6.75. The molecule has 1 aromatic rings. The highest BCUT2D eigenvalue weighted by atomic mass is 16.5. The molecule has 2 rings (SSSR count). The predicted octanol–water partition coefficient (Wildman–Crippen LogP) is 1.65. The van der Waals surface area contributed by atoms with E-state index in [1.807, 2.05) is 26.2 Å². The van der Waals surface area contributed by atoms with Gasteiger partial charge in [0.2, 0.25) is 0 Å². The van der Waals surface area contributed by atoms with E-state index in [2.05, 4.69) is 15.6 Å². The van der Waals surface area contributed by atoms with Gasteiger partial charge in [0.05, 0.1) is 19.2 Å². The zero-order chi connectivity index (χ0) is 20.4. The summed E-state index contributed by atoms with van der Waals surface area (Å²) in [7, 11) is 3.52. The van der Waals surface area contributed by atoms with Crippen molar-refractivity contribution < 1.29 is 14.3 Å². The Morgan fingerprint density at radius 1 is 1.36 bits per heavy atom. The van der Waals surface area contributed by atoms with Crippen LogP contribution < -0.4 is 15.4 Å². The molecular weight excluding hydrogens is 356 g/mol. The fourth-order valence-electron chi connectivity index (χ4n) is 3.33. The molecule has 1 fully saturated rings. The third kappa shape index (κ3) is 5.92. The van der Waals surface area contributed by atoms with Crippen LogP contribution in [0.1, 0.15) is 30.1 Å². The van der Waals surface area contributed by atoms with Gasteiger partial charge in [0, 0.05) is 45.2 Å². The number of benzene rings is 1. The molecule has 1 aliphatic rings. The first-order valence-electron chi connectivity index (χ1n) is 9.66. The summed E-state index contributed by atoms with van der Waals surface area (Å²) in [5, 5.41) is 6.11. The monoisotopic (exact) mass is 386 g/mol. The number of rotatable bonds is 10.